The Morgan fingerprint density at radius 1 is 1.07 bits per heavy atom. The first-order valence-corrected chi connectivity index (χ1v) is 9.50. The summed E-state index contributed by atoms with van der Waals surface area (Å²) in [6, 6.07) is 14.6. The number of hydrogen-bond acceptors (Lipinski definition) is 1. The Morgan fingerprint density at radius 2 is 1.81 bits per heavy atom. The van der Waals surface area contributed by atoms with Gasteiger partial charge in [-0.15, -0.1) is 0 Å². The van der Waals surface area contributed by atoms with Crippen LogP contribution in [0.3, 0.4) is 0 Å². The molecule has 0 amide bonds. The third-order valence-electron chi connectivity index (χ3n) is 4.48. The second-order valence-electron chi connectivity index (χ2n) is 6.43. The molecule has 0 N–H and O–H groups in total. The van der Waals surface area contributed by atoms with Crippen LogP contribution in [0.4, 0.5) is 0 Å². The second-order valence-corrected chi connectivity index (χ2v) is 6.43. The Balaban J connectivity index is 2.70. The largest absolute Gasteiger partial charge is 0.248 e. The van der Waals surface area contributed by atoms with Gasteiger partial charge in [-0.1, -0.05) is 85.9 Å². The van der Waals surface area contributed by atoms with Gasteiger partial charge in [-0.05, 0) is 56.0 Å². The van der Waals surface area contributed by atoms with Crippen LogP contribution in [0.5, 0.6) is 0 Å². The maximum absolute atomic E-state index is 4.92. The highest BCUT2D eigenvalue weighted by molar-refractivity contribution is 5.81. The van der Waals surface area contributed by atoms with E-state index in [1.807, 2.05) is 43.4 Å². The molecule has 0 aliphatic heterocycles. The molecule has 0 bridgehead atoms. The van der Waals surface area contributed by atoms with Crippen LogP contribution in [0.1, 0.15) is 45.4 Å². The Bertz CT molecular complexity index is 893. The van der Waals surface area contributed by atoms with Gasteiger partial charge in [0, 0.05) is 5.56 Å². The standard InChI is InChI=1S/C26H29N/c1-6-10-14-21(8-3)25-18-24(22(9-4)17-20(5)7-2)19-26(27-25)23-15-12-11-13-16-23/h6,8-19H,3,7H2,1-2,4-5H3/b10-6-,20-17-,21-14+,22-9+. The van der Waals surface area contributed by atoms with E-state index in [4.69, 9.17) is 4.98 Å². The first-order valence-electron chi connectivity index (χ1n) is 9.50. The van der Waals surface area contributed by atoms with Gasteiger partial charge in [-0.3, -0.25) is 0 Å². The summed E-state index contributed by atoms with van der Waals surface area (Å²) in [6.45, 7) is 12.4. The summed E-state index contributed by atoms with van der Waals surface area (Å²) in [7, 11) is 0. The normalized spacial score (nSPS) is 13.3. The van der Waals surface area contributed by atoms with Gasteiger partial charge in [0.1, 0.15) is 0 Å². The molecule has 0 atom stereocenters. The molecule has 0 saturated heterocycles. The van der Waals surface area contributed by atoms with Gasteiger partial charge in [0.25, 0.3) is 0 Å². The van der Waals surface area contributed by atoms with E-state index in [0.29, 0.717) is 0 Å². The topological polar surface area (TPSA) is 12.9 Å². The van der Waals surface area contributed by atoms with Crippen molar-refractivity contribution in [2.24, 2.45) is 0 Å². The van der Waals surface area contributed by atoms with Gasteiger partial charge in [0.15, 0.2) is 0 Å². The molecule has 0 unspecified atom stereocenters. The van der Waals surface area contributed by atoms with Crippen molar-refractivity contribution >= 4 is 11.1 Å². The van der Waals surface area contributed by atoms with Gasteiger partial charge in [-0.2, -0.15) is 0 Å². The molecular formula is C26H29N. The fraction of sp³-hybridized carbons (Fsp3) is 0.192. The quantitative estimate of drug-likeness (QED) is 0.465. The molecule has 1 aromatic heterocycles. The average molecular weight is 356 g/mol. The minimum atomic E-state index is 0.932. The zero-order valence-corrected chi connectivity index (χ0v) is 16.9. The second kappa shape index (κ2) is 10.3. The van der Waals surface area contributed by atoms with Crippen LogP contribution in [0.2, 0.25) is 0 Å². The third-order valence-corrected chi connectivity index (χ3v) is 4.48. The molecule has 0 saturated carbocycles. The molecule has 1 aromatic carbocycles. The zero-order chi connectivity index (χ0) is 19.6. The minimum absolute atomic E-state index is 0.932. The highest BCUT2D eigenvalue weighted by Crippen LogP contribution is 2.28. The van der Waals surface area contributed by atoms with Crippen molar-refractivity contribution in [1.29, 1.82) is 0 Å². The van der Waals surface area contributed by atoms with Crippen molar-refractivity contribution in [2.45, 2.75) is 34.1 Å². The molecule has 0 spiro atoms. The lowest BCUT2D eigenvalue weighted by Crippen LogP contribution is -1.95. The van der Waals surface area contributed by atoms with Crippen molar-refractivity contribution in [2.75, 3.05) is 0 Å². The van der Waals surface area contributed by atoms with Crippen molar-refractivity contribution < 1.29 is 0 Å². The summed E-state index contributed by atoms with van der Waals surface area (Å²) < 4.78 is 0. The van der Waals surface area contributed by atoms with Gasteiger partial charge < -0.3 is 0 Å². The van der Waals surface area contributed by atoms with Crippen molar-refractivity contribution in [1.82, 2.24) is 4.98 Å². The van der Waals surface area contributed by atoms with E-state index in [1.165, 1.54) is 16.7 Å². The van der Waals surface area contributed by atoms with E-state index in [1.54, 1.807) is 0 Å². The minimum Gasteiger partial charge on any atom is -0.248 e. The number of pyridine rings is 1. The first-order chi connectivity index (χ1) is 13.1. The summed E-state index contributed by atoms with van der Waals surface area (Å²) in [5.41, 5.74) is 7.77. The number of rotatable bonds is 7. The highest BCUT2D eigenvalue weighted by atomic mass is 14.7. The molecule has 1 nitrogen and oxygen atoms in total. The Labute approximate surface area is 164 Å². The van der Waals surface area contributed by atoms with Gasteiger partial charge in [-0.25, -0.2) is 4.98 Å². The molecule has 1 heterocycles. The molecule has 0 aliphatic rings. The summed E-state index contributed by atoms with van der Waals surface area (Å²) in [5.74, 6) is 0. The maximum atomic E-state index is 4.92. The molecule has 0 radical (unpaired) electrons. The van der Waals surface area contributed by atoms with Crippen LogP contribution in [0.25, 0.3) is 22.4 Å². The van der Waals surface area contributed by atoms with Crippen LogP contribution in [-0.2, 0) is 0 Å². The molecular weight excluding hydrogens is 326 g/mol. The monoisotopic (exact) mass is 355 g/mol. The van der Waals surface area contributed by atoms with E-state index in [2.05, 4.69) is 69.8 Å². The Kier molecular flexibility index (Phi) is 7.76. The number of aromatic nitrogens is 1. The molecule has 138 valence electrons. The number of benzene rings is 1. The summed E-state index contributed by atoms with van der Waals surface area (Å²) >= 11 is 0. The lowest BCUT2D eigenvalue weighted by Gasteiger charge is -2.12. The first kappa shape index (κ1) is 20.4. The fourth-order valence-electron chi connectivity index (χ4n) is 2.76. The van der Waals surface area contributed by atoms with E-state index in [0.717, 1.165) is 28.9 Å². The Morgan fingerprint density at radius 3 is 2.41 bits per heavy atom. The van der Waals surface area contributed by atoms with Crippen molar-refractivity contribution in [3.05, 3.63) is 102 Å². The predicted molar refractivity (Wildman–Crippen MR) is 120 cm³/mol. The lowest BCUT2D eigenvalue weighted by molar-refractivity contribution is 1.10. The SMILES string of the molecule is C=C/C(=C\C=C/C)c1cc(C(/C=C(/C)CC)=C/C)cc(-c2ccccc2)n1. The van der Waals surface area contributed by atoms with Crippen LogP contribution >= 0.6 is 0 Å². The highest BCUT2D eigenvalue weighted by Gasteiger charge is 2.09. The zero-order valence-electron chi connectivity index (χ0n) is 16.9. The van der Waals surface area contributed by atoms with Crippen molar-refractivity contribution in [3.8, 4) is 11.3 Å². The average Bonchev–Trinajstić information content (AvgIpc) is 2.72. The summed E-state index contributed by atoms with van der Waals surface area (Å²) in [5, 5.41) is 0. The van der Waals surface area contributed by atoms with E-state index < -0.39 is 0 Å². The number of allylic oxidation sites excluding steroid dienone is 9. The van der Waals surface area contributed by atoms with E-state index in [-0.39, 0.29) is 0 Å². The lowest BCUT2D eigenvalue weighted by atomic mass is 9.98. The fourth-order valence-corrected chi connectivity index (χ4v) is 2.76. The molecule has 0 fully saturated rings. The maximum Gasteiger partial charge on any atom is 0.0715 e. The molecule has 0 aliphatic carbocycles. The molecule has 1 heteroatoms. The molecule has 27 heavy (non-hydrogen) atoms. The Hall–Kier alpha value is -2.93. The van der Waals surface area contributed by atoms with Gasteiger partial charge in [0.05, 0.1) is 11.4 Å². The van der Waals surface area contributed by atoms with Crippen LogP contribution in [0.15, 0.2) is 91.1 Å². The van der Waals surface area contributed by atoms with Gasteiger partial charge in [0.2, 0.25) is 0 Å². The van der Waals surface area contributed by atoms with Crippen LogP contribution in [-0.4, -0.2) is 4.98 Å². The summed E-state index contributed by atoms with van der Waals surface area (Å²) in [6.07, 6.45) is 13.4. The molecule has 2 rings (SSSR count). The number of hydrogen-bond donors (Lipinski definition) is 0. The van der Waals surface area contributed by atoms with E-state index >= 15 is 0 Å². The smallest absolute Gasteiger partial charge is 0.0715 e. The number of nitrogens with zero attached hydrogens (tertiary/aromatic N) is 1. The third kappa shape index (κ3) is 5.52. The van der Waals surface area contributed by atoms with Crippen LogP contribution < -0.4 is 0 Å². The van der Waals surface area contributed by atoms with E-state index in [9.17, 15) is 0 Å². The molecule has 2 aromatic rings. The predicted octanol–water partition coefficient (Wildman–Crippen LogP) is 7.65. The van der Waals surface area contributed by atoms with Crippen LogP contribution in [0, 0.1) is 0 Å². The van der Waals surface area contributed by atoms with Crippen molar-refractivity contribution in [3.63, 3.8) is 0 Å². The summed E-state index contributed by atoms with van der Waals surface area (Å²) in [4.78, 5) is 4.92. The van der Waals surface area contributed by atoms with Gasteiger partial charge >= 0.3 is 0 Å².